The highest BCUT2D eigenvalue weighted by molar-refractivity contribution is 5.92. The summed E-state index contributed by atoms with van der Waals surface area (Å²) in [4.78, 5) is 14.9. The molecule has 2 N–H and O–H groups in total. The molecular weight excluding hydrogens is 385 g/mol. The second kappa shape index (κ2) is 6.69. The van der Waals surface area contributed by atoms with Crippen LogP contribution >= 0.6 is 0 Å². The highest BCUT2D eigenvalue weighted by Crippen LogP contribution is 2.28. The fourth-order valence-electron chi connectivity index (χ4n) is 2.70. The van der Waals surface area contributed by atoms with Crippen molar-refractivity contribution in [2.24, 2.45) is 0 Å². The van der Waals surface area contributed by atoms with Crippen LogP contribution in [0.15, 0.2) is 30.7 Å². The number of nitrogens with zero attached hydrogens (tertiary/aromatic N) is 5. The lowest BCUT2D eigenvalue weighted by molar-refractivity contribution is -0.131. The summed E-state index contributed by atoms with van der Waals surface area (Å²) in [6.45, 7) is -0.349. The molecule has 0 aliphatic heterocycles. The quantitative estimate of drug-likeness (QED) is 0.498. The highest BCUT2D eigenvalue weighted by Gasteiger charge is 2.26. The van der Waals surface area contributed by atoms with Crippen LogP contribution in [0.4, 0.5) is 27.9 Å². The van der Waals surface area contributed by atoms with Crippen LogP contribution in [0, 0.1) is 0 Å². The summed E-state index contributed by atoms with van der Waals surface area (Å²) < 4.78 is 63.9. The van der Waals surface area contributed by atoms with E-state index >= 15 is 0 Å². The van der Waals surface area contributed by atoms with E-state index in [0.29, 0.717) is 22.3 Å². The van der Waals surface area contributed by atoms with Gasteiger partial charge in [0.1, 0.15) is 11.3 Å². The molecule has 0 saturated carbocycles. The molecule has 146 valence electrons. The normalized spacial score (nSPS) is 12.4. The van der Waals surface area contributed by atoms with Gasteiger partial charge in [-0.2, -0.15) is 23.3 Å². The average Bonchev–Trinajstić information content (AvgIpc) is 3.23. The average molecular weight is 397 g/mol. The third-order valence-electron chi connectivity index (χ3n) is 4.01. The Labute approximate surface area is 153 Å². The minimum absolute atomic E-state index is 0.0446. The van der Waals surface area contributed by atoms with E-state index in [4.69, 9.17) is 0 Å². The Kier molecular flexibility index (Phi) is 4.32. The number of alkyl halides is 5. The van der Waals surface area contributed by atoms with Crippen molar-refractivity contribution in [1.29, 1.82) is 0 Å². The standard InChI is InChI=1S/C16H12F5N7/c17-13(18)11-7-23-12-2-1-10(27-28(11)12)8-5-24-14-9(8)6-25-15(26-14)22-4-3-16(19,20)21/h1-2,5-7,13H,3-4H2,(H2,22,24,25,26). The molecule has 12 heteroatoms. The number of aromatic nitrogens is 6. The van der Waals surface area contributed by atoms with Gasteiger partial charge in [0.25, 0.3) is 6.43 Å². The van der Waals surface area contributed by atoms with Crippen LogP contribution in [0.5, 0.6) is 0 Å². The van der Waals surface area contributed by atoms with Crippen molar-refractivity contribution in [1.82, 2.24) is 29.5 Å². The van der Waals surface area contributed by atoms with Crippen molar-refractivity contribution in [2.45, 2.75) is 19.0 Å². The number of hydrogen-bond acceptors (Lipinski definition) is 5. The van der Waals surface area contributed by atoms with E-state index in [9.17, 15) is 22.0 Å². The predicted molar refractivity (Wildman–Crippen MR) is 90.0 cm³/mol. The Balaban J connectivity index is 1.64. The summed E-state index contributed by atoms with van der Waals surface area (Å²) in [7, 11) is 0. The minimum Gasteiger partial charge on any atom is -0.354 e. The van der Waals surface area contributed by atoms with Gasteiger partial charge in [-0.25, -0.2) is 23.3 Å². The van der Waals surface area contributed by atoms with Gasteiger partial charge in [-0.15, -0.1) is 0 Å². The van der Waals surface area contributed by atoms with Gasteiger partial charge in [-0.3, -0.25) is 0 Å². The van der Waals surface area contributed by atoms with Crippen LogP contribution < -0.4 is 5.32 Å². The summed E-state index contributed by atoms with van der Waals surface area (Å²) in [5, 5.41) is 7.26. The van der Waals surface area contributed by atoms with Crippen molar-refractivity contribution >= 4 is 22.6 Å². The number of anilines is 1. The van der Waals surface area contributed by atoms with Crippen LogP contribution in [-0.2, 0) is 0 Å². The van der Waals surface area contributed by atoms with Crippen molar-refractivity contribution in [3.8, 4) is 11.3 Å². The van der Waals surface area contributed by atoms with Gasteiger partial charge >= 0.3 is 6.18 Å². The molecule has 0 atom stereocenters. The molecular formula is C16H12F5N7. The van der Waals surface area contributed by atoms with Gasteiger partial charge in [0.15, 0.2) is 5.65 Å². The van der Waals surface area contributed by atoms with E-state index in [2.05, 4.69) is 30.4 Å². The Morgan fingerprint density at radius 1 is 1.14 bits per heavy atom. The van der Waals surface area contributed by atoms with Gasteiger partial charge in [0, 0.05) is 29.9 Å². The zero-order valence-electron chi connectivity index (χ0n) is 14.0. The fourth-order valence-corrected chi connectivity index (χ4v) is 2.70. The molecule has 4 aromatic rings. The molecule has 4 rings (SSSR count). The molecule has 0 spiro atoms. The molecule has 0 fully saturated rings. The maximum atomic E-state index is 13.1. The van der Waals surface area contributed by atoms with Crippen LogP contribution in [0.2, 0.25) is 0 Å². The molecule has 0 aliphatic carbocycles. The first kappa shape index (κ1) is 18.1. The summed E-state index contributed by atoms with van der Waals surface area (Å²) >= 11 is 0. The van der Waals surface area contributed by atoms with Crippen LogP contribution in [-0.4, -0.2) is 42.3 Å². The van der Waals surface area contributed by atoms with Crippen LogP contribution in [0.1, 0.15) is 18.5 Å². The lowest BCUT2D eigenvalue weighted by Gasteiger charge is -2.07. The Morgan fingerprint density at radius 2 is 1.96 bits per heavy atom. The smallest absolute Gasteiger partial charge is 0.354 e. The van der Waals surface area contributed by atoms with Gasteiger partial charge in [0.05, 0.1) is 18.3 Å². The number of imidazole rings is 1. The molecule has 0 unspecified atom stereocenters. The summed E-state index contributed by atoms with van der Waals surface area (Å²) in [6, 6.07) is 3.18. The third kappa shape index (κ3) is 3.44. The maximum Gasteiger partial charge on any atom is 0.390 e. The molecule has 0 bridgehead atoms. The Morgan fingerprint density at radius 3 is 2.71 bits per heavy atom. The highest BCUT2D eigenvalue weighted by atomic mass is 19.4. The number of hydrogen-bond donors (Lipinski definition) is 2. The van der Waals surface area contributed by atoms with Crippen LogP contribution in [0.3, 0.4) is 0 Å². The molecule has 0 radical (unpaired) electrons. The second-order valence-corrected chi connectivity index (χ2v) is 5.92. The summed E-state index contributed by atoms with van der Waals surface area (Å²) in [6.07, 6.45) is -3.94. The van der Waals surface area contributed by atoms with Gasteiger partial charge < -0.3 is 10.3 Å². The van der Waals surface area contributed by atoms with E-state index in [0.717, 1.165) is 10.7 Å². The largest absolute Gasteiger partial charge is 0.390 e. The first-order valence-electron chi connectivity index (χ1n) is 8.10. The number of nitrogens with one attached hydrogen (secondary N) is 2. The molecule has 7 nitrogen and oxygen atoms in total. The van der Waals surface area contributed by atoms with Gasteiger partial charge in [0.2, 0.25) is 5.95 Å². The van der Waals surface area contributed by atoms with E-state index in [-0.39, 0.29) is 23.8 Å². The number of H-pyrrole nitrogens is 1. The van der Waals surface area contributed by atoms with Crippen LogP contribution in [0.25, 0.3) is 27.9 Å². The molecule has 0 saturated heterocycles. The lowest BCUT2D eigenvalue weighted by atomic mass is 10.2. The zero-order chi connectivity index (χ0) is 19.9. The molecule has 28 heavy (non-hydrogen) atoms. The molecule has 4 heterocycles. The van der Waals surface area contributed by atoms with E-state index in [1.807, 2.05) is 0 Å². The Bertz CT molecular complexity index is 1130. The second-order valence-electron chi connectivity index (χ2n) is 5.92. The molecule has 0 amide bonds. The number of rotatable bonds is 5. The Hall–Kier alpha value is -3.31. The van der Waals surface area contributed by atoms with Gasteiger partial charge in [-0.05, 0) is 12.1 Å². The summed E-state index contributed by atoms with van der Waals surface area (Å²) in [5.41, 5.74) is 1.28. The molecule has 0 aliphatic rings. The number of fused-ring (bicyclic) bond motifs is 2. The first-order chi connectivity index (χ1) is 13.3. The van der Waals surface area contributed by atoms with Crippen molar-refractivity contribution in [3.63, 3.8) is 0 Å². The monoisotopic (exact) mass is 397 g/mol. The summed E-state index contributed by atoms with van der Waals surface area (Å²) in [5.74, 6) is 0.0446. The predicted octanol–water partition coefficient (Wildman–Crippen LogP) is 3.97. The van der Waals surface area contributed by atoms with E-state index < -0.39 is 19.0 Å². The number of aromatic amines is 1. The SMILES string of the molecule is FC(F)c1cnc2ccc(-c3c[nH]c4nc(NCCC(F)(F)F)ncc34)nn12. The van der Waals surface area contributed by atoms with Crippen molar-refractivity contribution < 1.29 is 22.0 Å². The van der Waals surface area contributed by atoms with Crippen molar-refractivity contribution in [3.05, 3.63) is 36.4 Å². The maximum absolute atomic E-state index is 13.1. The topological polar surface area (TPSA) is 83.8 Å². The molecule has 0 aromatic carbocycles. The van der Waals surface area contributed by atoms with Gasteiger partial charge in [-0.1, -0.05) is 0 Å². The molecule has 4 aromatic heterocycles. The van der Waals surface area contributed by atoms with Crippen molar-refractivity contribution in [2.75, 3.05) is 11.9 Å². The van der Waals surface area contributed by atoms with E-state index in [1.54, 1.807) is 18.3 Å². The zero-order valence-corrected chi connectivity index (χ0v) is 14.0. The van der Waals surface area contributed by atoms with E-state index in [1.165, 1.54) is 6.20 Å². The lowest BCUT2D eigenvalue weighted by Crippen LogP contribution is -2.15. The third-order valence-corrected chi connectivity index (χ3v) is 4.01. The minimum atomic E-state index is -4.27. The fraction of sp³-hybridized carbons (Fsp3) is 0.250. The number of halogens is 5. The first-order valence-corrected chi connectivity index (χ1v) is 8.10.